The Morgan fingerprint density at radius 1 is 1.26 bits per heavy atom. The average molecular weight is 271 g/mol. The van der Waals surface area contributed by atoms with E-state index in [2.05, 4.69) is 50.1 Å². The van der Waals surface area contributed by atoms with E-state index in [1.54, 1.807) is 0 Å². The van der Waals surface area contributed by atoms with Crippen LogP contribution in [0.2, 0.25) is 0 Å². The summed E-state index contributed by atoms with van der Waals surface area (Å²) in [5.74, 6) is 0. The number of nitrogens with one attached hydrogen (secondary N) is 1. The molecule has 1 saturated carbocycles. The highest BCUT2D eigenvalue weighted by atomic mass is 16.3. The molecule has 4 heteroatoms. The summed E-state index contributed by atoms with van der Waals surface area (Å²) in [5, 5.41) is 13.3. The third-order valence-electron chi connectivity index (χ3n) is 4.22. The van der Waals surface area contributed by atoms with Crippen molar-refractivity contribution in [1.29, 1.82) is 0 Å². The molecule has 0 aromatic heterocycles. The molecule has 0 radical (unpaired) electrons. The fourth-order valence-corrected chi connectivity index (χ4v) is 3.23. The second-order valence-corrected chi connectivity index (χ2v) is 6.77. The molecule has 0 heterocycles. The summed E-state index contributed by atoms with van der Waals surface area (Å²) in [6.45, 7) is 6.86. The predicted molar refractivity (Wildman–Crippen MR) is 81.5 cm³/mol. The molecule has 2 atom stereocenters. The summed E-state index contributed by atoms with van der Waals surface area (Å²) in [7, 11) is 6.47. The number of nitrogens with zero attached hydrogens (tertiary/aromatic N) is 2. The van der Waals surface area contributed by atoms with E-state index >= 15 is 0 Å². The first kappa shape index (κ1) is 16.9. The highest BCUT2D eigenvalue weighted by Crippen LogP contribution is 2.32. The summed E-state index contributed by atoms with van der Waals surface area (Å²) >= 11 is 0. The van der Waals surface area contributed by atoms with Gasteiger partial charge >= 0.3 is 0 Å². The zero-order chi connectivity index (χ0) is 14.5. The fourth-order valence-electron chi connectivity index (χ4n) is 3.23. The minimum absolute atomic E-state index is 0.0470. The van der Waals surface area contributed by atoms with Crippen molar-refractivity contribution < 1.29 is 5.11 Å². The van der Waals surface area contributed by atoms with E-state index in [1.165, 1.54) is 12.8 Å². The Morgan fingerprint density at radius 2 is 1.95 bits per heavy atom. The summed E-state index contributed by atoms with van der Waals surface area (Å²) in [5.41, 5.74) is -0.0470. The quantitative estimate of drug-likeness (QED) is 0.695. The maximum Gasteiger partial charge on any atom is 0.0614 e. The Hall–Kier alpha value is -0.160. The molecule has 1 aliphatic rings. The summed E-state index contributed by atoms with van der Waals surface area (Å²) in [4.78, 5) is 4.71. The standard InChI is InChI=1S/C15H33N3O/c1-13(2)16-15(12-19)8-7-14(11-15)18(5)10-6-9-17(3)4/h13-14,16,19H,6-12H2,1-5H3. The van der Waals surface area contributed by atoms with Crippen LogP contribution in [0.4, 0.5) is 0 Å². The molecule has 2 unspecified atom stereocenters. The molecule has 0 aromatic rings. The minimum Gasteiger partial charge on any atom is -0.394 e. The Morgan fingerprint density at radius 3 is 2.47 bits per heavy atom. The van der Waals surface area contributed by atoms with E-state index in [-0.39, 0.29) is 12.1 Å². The lowest BCUT2D eigenvalue weighted by atomic mass is 9.97. The van der Waals surface area contributed by atoms with Gasteiger partial charge in [-0.15, -0.1) is 0 Å². The van der Waals surface area contributed by atoms with Gasteiger partial charge in [-0.25, -0.2) is 0 Å². The van der Waals surface area contributed by atoms with Gasteiger partial charge in [0, 0.05) is 17.6 Å². The van der Waals surface area contributed by atoms with Gasteiger partial charge in [0.1, 0.15) is 0 Å². The van der Waals surface area contributed by atoms with Crippen molar-refractivity contribution in [2.75, 3.05) is 40.8 Å². The highest BCUT2D eigenvalue weighted by Gasteiger charge is 2.40. The topological polar surface area (TPSA) is 38.7 Å². The molecule has 2 N–H and O–H groups in total. The molecule has 1 fully saturated rings. The fraction of sp³-hybridized carbons (Fsp3) is 1.00. The number of aliphatic hydroxyl groups is 1. The number of hydrogen-bond acceptors (Lipinski definition) is 4. The molecule has 0 aliphatic heterocycles. The molecular weight excluding hydrogens is 238 g/mol. The van der Waals surface area contributed by atoms with Gasteiger partial charge < -0.3 is 20.2 Å². The molecule has 19 heavy (non-hydrogen) atoms. The maximum absolute atomic E-state index is 9.73. The molecule has 0 aromatic carbocycles. The third kappa shape index (κ3) is 5.38. The molecule has 1 rings (SSSR count). The minimum atomic E-state index is -0.0470. The van der Waals surface area contributed by atoms with Crippen LogP contribution in [0.15, 0.2) is 0 Å². The van der Waals surface area contributed by atoms with E-state index in [1.807, 2.05) is 0 Å². The summed E-state index contributed by atoms with van der Waals surface area (Å²) in [6, 6.07) is 1.05. The van der Waals surface area contributed by atoms with Gasteiger partial charge in [0.25, 0.3) is 0 Å². The van der Waals surface area contributed by atoms with Gasteiger partial charge in [-0.1, -0.05) is 13.8 Å². The van der Waals surface area contributed by atoms with Crippen LogP contribution in [-0.4, -0.2) is 73.4 Å². The van der Waals surface area contributed by atoms with E-state index in [9.17, 15) is 5.11 Å². The van der Waals surface area contributed by atoms with Crippen LogP contribution in [0.25, 0.3) is 0 Å². The van der Waals surface area contributed by atoms with Crippen molar-refractivity contribution in [3.63, 3.8) is 0 Å². The van der Waals surface area contributed by atoms with Gasteiger partial charge in [-0.2, -0.15) is 0 Å². The van der Waals surface area contributed by atoms with Crippen molar-refractivity contribution in [2.45, 2.75) is 57.2 Å². The number of hydrogen-bond donors (Lipinski definition) is 2. The van der Waals surface area contributed by atoms with Crippen LogP contribution in [0.3, 0.4) is 0 Å². The monoisotopic (exact) mass is 271 g/mol. The van der Waals surface area contributed by atoms with Crippen LogP contribution < -0.4 is 5.32 Å². The van der Waals surface area contributed by atoms with Crippen molar-refractivity contribution in [1.82, 2.24) is 15.1 Å². The number of aliphatic hydroxyl groups excluding tert-OH is 1. The first-order chi connectivity index (χ1) is 8.88. The zero-order valence-corrected chi connectivity index (χ0v) is 13.4. The molecule has 0 saturated heterocycles. The largest absolute Gasteiger partial charge is 0.394 e. The van der Waals surface area contributed by atoms with Crippen molar-refractivity contribution >= 4 is 0 Å². The van der Waals surface area contributed by atoms with Gasteiger partial charge in [0.15, 0.2) is 0 Å². The second-order valence-electron chi connectivity index (χ2n) is 6.77. The van der Waals surface area contributed by atoms with Gasteiger partial charge in [-0.05, 0) is 59.9 Å². The van der Waals surface area contributed by atoms with Crippen LogP contribution in [0, 0.1) is 0 Å². The first-order valence-corrected chi connectivity index (χ1v) is 7.62. The van der Waals surface area contributed by atoms with Crippen LogP contribution in [0.1, 0.15) is 39.5 Å². The third-order valence-corrected chi connectivity index (χ3v) is 4.22. The molecule has 4 nitrogen and oxygen atoms in total. The Kier molecular flexibility index (Phi) is 6.74. The Labute approximate surface area is 119 Å². The Balaban J connectivity index is 2.40. The Bertz CT molecular complexity index is 258. The zero-order valence-electron chi connectivity index (χ0n) is 13.4. The average Bonchev–Trinajstić information content (AvgIpc) is 2.72. The summed E-state index contributed by atoms with van der Waals surface area (Å²) in [6.07, 6.45) is 4.56. The van der Waals surface area contributed by atoms with Gasteiger partial charge in [0.05, 0.1) is 6.61 Å². The predicted octanol–water partition coefficient (Wildman–Crippen LogP) is 1.15. The van der Waals surface area contributed by atoms with Crippen LogP contribution in [0.5, 0.6) is 0 Å². The lowest BCUT2D eigenvalue weighted by Gasteiger charge is -2.32. The summed E-state index contributed by atoms with van der Waals surface area (Å²) < 4.78 is 0. The molecule has 0 amide bonds. The molecule has 0 bridgehead atoms. The number of rotatable bonds is 8. The van der Waals surface area contributed by atoms with Gasteiger partial charge in [-0.3, -0.25) is 0 Å². The molecule has 1 aliphatic carbocycles. The molecule has 0 spiro atoms. The smallest absolute Gasteiger partial charge is 0.0614 e. The van der Waals surface area contributed by atoms with Gasteiger partial charge in [0.2, 0.25) is 0 Å². The first-order valence-electron chi connectivity index (χ1n) is 7.62. The van der Waals surface area contributed by atoms with Crippen LogP contribution >= 0.6 is 0 Å². The van der Waals surface area contributed by atoms with Crippen molar-refractivity contribution in [3.8, 4) is 0 Å². The maximum atomic E-state index is 9.73. The van der Waals surface area contributed by atoms with E-state index < -0.39 is 0 Å². The lowest BCUT2D eigenvalue weighted by Crippen LogP contribution is -2.50. The van der Waals surface area contributed by atoms with Crippen molar-refractivity contribution in [2.24, 2.45) is 0 Å². The van der Waals surface area contributed by atoms with E-state index in [0.29, 0.717) is 12.1 Å². The van der Waals surface area contributed by atoms with Crippen molar-refractivity contribution in [3.05, 3.63) is 0 Å². The molecule has 114 valence electrons. The highest BCUT2D eigenvalue weighted by molar-refractivity contribution is 4.99. The SMILES string of the molecule is CC(C)NC1(CO)CCC(N(C)CCCN(C)C)C1. The van der Waals surface area contributed by atoms with Crippen LogP contribution in [-0.2, 0) is 0 Å². The van der Waals surface area contributed by atoms with E-state index in [0.717, 1.165) is 25.9 Å². The second kappa shape index (κ2) is 7.58. The van der Waals surface area contributed by atoms with E-state index in [4.69, 9.17) is 0 Å². The molecular formula is C15H33N3O. The lowest BCUT2D eigenvalue weighted by molar-refractivity contribution is 0.141. The normalized spacial score (nSPS) is 27.9.